The Labute approximate surface area is 138 Å². The van der Waals surface area contributed by atoms with Crippen LogP contribution in [0.1, 0.15) is 6.23 Å². The first-order chi connectivity index (χ1) is 10.0. The van der Waals surface area contributed by atoms with Crippen LogP contribution in [0.2, 0.25) is 0 Å². The molecule has 1 fully saturated rings. The number of thioether (sulfide) groups is 1. The monoisotopic (exact) mass is 423 g/mol. The lowest BCUT2D eigenvalue weighted by molar-refractivity contribution is -0.0289. The summed E-state index contributed by atoms with van der Waals surface area (Å²) in [6, 6.07) is 0. The zero-order valence-corrected chi connectivity index (χ0v) is 14.0. The third-order valence-electron chi connectivity index (χ3n) is 3.36. The minimum Gasteiger partial charge on any atom is -0.387 e. The van der Waals surface area contributed by atoms with Crippen LogP contribution in [0.25, 0.3) is 11.2 Å². The normalized spacial score (nSPS) is 29.3. The molecule has 2 aromatic rings. The second-order valence-corrected chi connectivity index (χ2v) is 6.58. The lowest BCUT2D eigenvalue weighted by atomic mass is 10.1. The highest BCUT2D eigenvalue weighted by Gasteiger charge is 2.44. The number of imidazole rings is 1. The molecule has 3 rings (SSSR count). The van der Waals surface area contributed by atoms with E-state index in [4.69, 9.17) is 10.5 Å². The second-order valence-electron chi connectivity index (χ2n) is 4.70. The standard InChI is InChI=1S/C11H14IN5O3S/c1-21-2-4-6(18)7(19)10(20-4)17-3-14-5-8(13)15-11(12)16-9(5)17/h3-4,6-7,10,18-19H,2H2,1H3,(H2,13,15,16)/t4-,6?,7?,10-/m1/s1. The Kier molecular flexibility index (Phi) is 4.23. The first-order valence-corrected chi connectivity index (χ1v) is 8.66. The van der Waals surface area contributed by atoms with Gasteiger partial charge in [-0.15, -0.1) is 0 Å². The number of nitrogen functional groups attached to an aromatic ring is 1. The minimum absolute atomic E-state index is 0.275. The van der Waals surface area contributed by atoms with E-state index in [1.807, 2.05) is 28.8 Å². The van der Waals surface area contributed by atoms with Gasteiger partial charge in [-0.25, -0.2) is 15.0 Å². The summed E-state index contributed by atoms with van der Waals surface area (Å²) in [5.41, 5.74) is 6.75. The molecule has 1 aliphatic rings. The maximum absolute atomic E-state index is 10.2. The zero-order chi connectivity index (χ0) is 15.1. The summed E-state index contributed by atoms with van der Waals surface area (Å²) in [6.07, 6.45) is 0.238. The fraction of sp³-hybridized carbons (Fsp3) is 0.545. The quantitative estimate of drug-likeness (QED) is 0.466. The van der Waals surface area contributed by atoms with E-state index in [-0.39, 0.29) is 5.82 Å². The fourth-order valence-corrected chi connectivity index (χ4v) is 3.45. The van der Waals surface area contributed by atoms with E-state index in [2.05, 4.69) is 15.0 Å². The number of aliphatic hydroxyl groups is 2. The van der Waals surface area contributed by atoms with Gasteiger partial charge in [-0.05, 0) is 6.26 Å². The molecular formula is C11H14IN5O3S. The maximum atomic E-state index is 10.2. The molecule has 21 heavy (non-hydrogen) atoms. The lowest BCUT2D eigenvalue weighted by Crippen LogP contribution is -2.32. The van der Waals surface area contributed by atoms with Crippen LogP contribution >= 0.6 is 34.4 Å². The molecule has 10 heteroatoms. The average Bonchev–Trinajstić information content (AvgIpc) is 2.96. The van der Waals surface area contributed by atoms with Gasteiger partial charge in [0.15, 0.2) is 21.5 Å². The first-order valence-electron chi connectivity index (χ1n) is 6.19. The molecule has 4 atom stereocenters. The molecule has 0 radical (unpaired) electrons. The highest BCUT2D eigenvalue weighted by molar-refractivity contribution is 14.1. The van der Waals surface area contributed by atoms with Gasteiger partial charge >= 0.3 is 0 Å². The molecule has 114 valence electrons. The second kappa shape index (κ2) is 5.83. The number of ether oxygens (including phenoxy) is 1. The number of hydrogen-bond acceptors (Lipinski definition) is 8. The Morgan fingerprint density at radius 1 is 1.43 bits per heavy atom. The Morgan fingerprint density at radius 2 is 2.19 bits per heavy atom. The molecule has 3 heterocycles. The largest absolute Gasteiger partial charge is 0.387 e. The number of halogens is 1. The van der Waals surface area contributed by atoms with Crippen LogP contribution in [-0.2, 0) is 4.74 Å². The predicted octanol–water partition coefficient (Wildman–Crippen LogP) is -0.00470. The molecule has 0 spiro atoms. The molecule has 8 nitrogen and oxygen atoms in total. The molecule has 0 aliphatic carbocycles. The summed E-state index contributed by atoms with van der Waals surface area (Å²) < 4.78 is 7.82. The number of nitrogens with zero attached hydrogens (tertiary/aromatic N) is 4. The first kappa shape index (κ1) is 15.2. The van der Waals surface area contributed by atoms with E-state index in [9.17, 15) is 10.2 Å². The van der Waals surface area contributed by atoms with Gasteiger partial charge in [0.05, 0.1) is 12.4 Å². The highest BCUT2D eigenvalue weighted by atomic mass is 127. The molecule has 0 aromatic carbocycles. The summed E-state index contributed by atoms with van der Waals surface area (Å²) in [7, 11) is 0. The van der Waals surface area contributed by atoms with E-state index in [0.717, 1.165) is 0 Å². The van der Waals surface area contributed by atoms with Crippen molar-refractivity contribution in [1.29, 1.82) is 0 Å². The lowest BCUT2D eigenvalue weighted by Gasteiger charge is -2.16. The van der Waals surface area contributed by atoms with Crippen LogP contribution in [0.4, 0.5) is 5.82 Å². The SMILES string of the molecule is CSC[C@H]1O[C@@H](n2cnc3c(N)nc(I)nc32)C(O)C1O. The van der Waals surface area contributed by atoms with Gasteiger partial charge in [0, 0.05) is 28.3 Å². The van der Waals surface area contributed by atoms with Crippen molar-refractivity contribution in [2.45, 2.75) is 24.5 Å². The molecule has 2 aromatic heterocycles. The van der Waals surface area contributed by atoms with Gasteiger partial charge < -0.3 is 20.7 Å². The van der Waals surface area contributed by atoms with Crippen molar-refractivity contribution in [3.05, 3.63) is 10.2 Å². The Hall–Kier alpha value is -0.690. The smallest absolute Gasteiger partial charge is 0.194 e. The van der Waals surface area contributed by atoms with Crippen molar-refractivity contribution in [3.8, 4) is 0 Å². The van der Waals surface area contributed by atoms with Crippen molar-refractivity contribution in [3.63, 3.8) is 0 Å². The zero-order valence-electron chi connectivity index (χ0n) is 11.0. The van der Waals surface area contributed by atoms with Crippen LogP contribution in [0.3, 0.4) is 0 Å². The van der Waals surface area contributed by atoms with Gasteiger partial charge in [0.1, 0.15) is 17.7 Å². The number of aromatic nitrogens is 4. The number of nitrogens with two attached hydrogens (primary N) is 1. The molecule has 1 aliphatic heterocycles. The summed E-state index contributed by atoms with van der Waals surface area (Å²) in [4.78, 5) is 12.5. The molecule has 0 saturated carbocycles. The van der Waals surface area contributed by atoms with Crippen LogP contribution in [0.5, 0.6) is 0 Å². The predicted molar refractivity (Wildman–Crippen MR) is 86.8 cm³/mol. The van der Waals surface area contributed by atoms with Gasteiger partial charge in [-0.1, -0.05) is 0 Å². The molecule has 4 N–H and O–H groups in total. The van der Waals surface area contributed by atoms with Crippen LogP contribution in [0.15, 0.2) is 6.33 Å². The van der Waals surface area contributed by atoms with Gasteiger partial charge in [-0.2, -0.15) is 11.8 Å². The number of aliphatic hydroxyl groups excluding tert-OH is 2. The Bertz CT molecular complexity index is 669. The van der Waals surface area contributed by atoms with Crippen LogP contribution < -0.4 is 5.73 Å². The van der Waals surface area contributed by atoms with Gasteiger partial charge in [0.25, 0.3) is 0 Å². The average molecular weight is 423 g/mol. The molecule has 0 amide bonds. The number of fused-ring (bicyclic) bond motifs is 1. The van der Waals surface area contributed by atoms with E-state index >= 15 is 0 Å². The van der Waals surface area contributed by atoms with Crippen molar-refractivity contribution in [1.82, 2.24) is 19.5 Å². The fourth-order valence-electron chi connectivity index (χ4n) is 2.36. The van der Waals surface area contributed by atoms with Crippen molar-refractivity contribution in [2.24, 2.45) is 0 Å². The Morgan fingerprint density at radius 3 is 2.90 bits per heavy atom. The summed E-state index contributed by atoms with van der Waals surface area (Å²) in [6.45, 7) is 0. The summed E-state index contributed by atoms with van der Waals surface area (Å²) >= 11 is 3.50. The molecule has 1 saturated heterocycles. The van der Waals surface area contributed by atoms with E-state index < -0.39 is 24.5 Å². The van der Waals surface area contributed by atoms with E-state index in [1.54, 1.807) is 16.3 Å². The maximum Gasteiger partial charge on any atom is 0.194 e. The van der Waals surface area contributed by atoms with Crippen molar-refractivity contribution < 1.29 is 14.9 Å². The topological polar surface area (TPSA) is 119 Å². The van der Waals surface area contributed by atoms with Crippen molar-refractivity contribution >= 4 is 51.3 Å². The van der Waals surface area contributed by atoms with E-state index in [1.165, 1.54) is 6.33 Å². The van der Waals surface area contributed by atoms with Gasteiger partial charge in [-0.3, -0.25) is 4.57 Å². The van der Waals surface area contributed by atoms with Crippen LogP contribution in [-0.4, -0.2) is 60.1 Å². The number of rotatable bonds is 3. The summed E-state index contributed by atoms with van der Waals surface area (Å²) in [5, 5.41) is 20.3. The van der Waals surface area contributed by atoms with Crippen molar-refractivity contribution in [2.75, 3.05) is 17.7 Å². The highest BCUT2D eigenvalue weighted by Crippen LogP contribution is 2.33. The van der Waals surface area contributed by atoms with Gasteiger partial charge in [0.2, 0.25) is 0 Å². The minimum atomic E-state index is -1.05. The number of anilines is 1. The Balaban J connectivity index is 2.01. The van der Waals surface area contributed by atoms with E-state index in [0.29, 0.717) is 20.7 Å². The van der Waals surface area contributed by atoms with Crippen LogP contribution in [0, 0.1) is 3.83 Å². The molecular weight excluding hydrogens is 409 g/mol. The number of hydrogen-bond donors (Lipinski definition) is 3. The third kappa shape index (κ3) is 2.59. The molecule has 0 bridgehead atoms. The summed E-state index contributed by atoms with van der Waals surface area (Å²) in [5.74, 6) is 0.868. The molecule has 2 unspecified atom stereocenters. The third-order valence-corrected chi connectivity index (χ3v) is 4.51.